The molecule has 0 aromatic heterocycles. The highest BCUT2D eigenvalue weighted by Crippen LogP contribution is 2.13. The molecule has 0 aliphatic carbocycles. The van der Waals surface area contributed by atoms with Crippen LogP contribution in [0, 0.1) is 0 Å². The van der Waals surface area contributed by atoms with Gasteiger partial charge in [-0.25, -0.2) is 0 Å². The lowest BCUT2D eigenvalue weighted by Gasteiger charge is -2.07. The molecule has 2 aromatic rings. The Morgan fingerprint density at radius 1 is 0.842 bits per heavy atom. The highest BCUT2D eigenvalue weighted by Gasteiger charge is 2.06. The molecule has 0 atom stereocenters. The van der Waals surface area contributed by atoms with Gasteiger partial charge in [-0.15, -0.1) is 0 Å². The van der Waals surface area contributed by atoms with Crippen LogP contribution in [0.25, 0.3) is 0 Å². The van der Waals surface area contributed by atoms with Crippen molar-refractivity contribution in [3.05, 3.63) is 60.2 Å². The van der Waals surface area contributed by atoms with Crippen molar-refractivity contribution in [2.24, 2.45) is 0 Å². The molecule has 4 heteroatoms. The molecular formula is C15H14N2O2. The van der Waals surface area contributed by atoms with Crippen LogP contribution in [0.15, 0.2) is 54.6 Å². The van der Waals surface area contributed by atoms with Gasteiger partial charge in [0.25, 0.3) is 5.91 Å². The fourth-order valence-electron chi connectivity index (χ4n) is 1.67. The smallest absolute Gasteiger partial charge is 0.255 e. The van der Waals surface area contributed by atoms with E-state index < -0.39 is 0 Å². The molecule has 0 aliphatic heterocycles. The summed E-state index contributed by atoms with van der Waals surface area (Å²) in [5.41, 5.74) is 1.83. The number of amides is 2. The van der Waals surface area contributed by atoms with Crippen LogP contribution in [0.3, 0.4) is 0 Å². The van der Waals surface area contributed by atoms with E-state index >= 15 is 0 Å². The zero-order chi connectivity index (χ0) is 13.7. The first-order valence-electron chi connectivity index (χ1n) is 5.89. The molecule has 0 unspecified atom stereocenters. The average molecular weight is 254 g/mol. The minimum absolute atomic E-state index is 0.166. The minimum atomic E-state index is -0.210. The Hall–Kier alpha value is -2.62. The van der Waals surface area contributed by atoms with Gasteiger partial charge in [0.1, 0.15) is 0 Å². The lowest BCUT2D eigenvalue weighted by atomic mass is 10.2. The van der Waals surface area contributed by atoms with Crippen molar-refractivity contribution in [3.8, 4) is 0 Å². The van der Waals surface area contributed by atoms with E-state index in [2.05, 4.69) is 10.6 Å². The van der Waals surface area contributed by atoms with Crippen molar-refractivity contribution in [2.45, 2.75) is 6.92 Å². The fourth-order valence-corrected chi connectivity index (χ4v) is 1.67. The largest absolute Gasteiger partial charge is 0.326 e. The first-order chi connectivity index (χ1) is 9.15. The number of nitrogens with one attached hydrogen (secondary N) is 2. The number of benzene rings is 2. The number of carbonyl (C=O) groups is 2. The molecule has 2 amide bonds. The molecule has 0 spiro atoms. The van der Waals surface area contributed by atoms with E-state index in [4.69, 9.17) is 0 Å². The molecule has 2 aromatic carbocycles. The minimum Gasteiger partial charge on any atom is -0.326 e. The predicted octanol–water partition coefficient (Wildman–Crippen LogP) is 2.90. The summed E-state index contributed by atoms with van der Waals surface area (Å²) in [6.45, 7) is 1.43. The first kappa shape index (κ1) is 12.8. The summed E-state index contributed by atoms with van der Waals surface area (Å²) in [5, 5.41) is 5.43. The second-order valence-corrected chi connectivity index (χ2v) is 4.08. The van der Waals surface area contributed by atoms with E-state index in [9.17, 15) is 9.59 Å². The van der Waals surface area contributed by atoms with E-state index in [0.717, 1.165) is 5.69 Å². The van der Waals surface area contributed by atoms with Gasteiger partial charge in [-0.1, -0.05) is 24.3 Å². The van der Waals surface area contributed by atoms with Crippen LogP contribution >= 0.6 is 0 Å². The Kier molecular flexibility index (Phi) is 3.93. The standard InChI is InChI=1S/C15H14N2O2/c1-11(18)16-14-9-5-6-12(10-14)15(19)17-13-7-3-2-4-8-13/h2-10H,1H3,(H,16,18)(H,17,19). The van der Waals surface area contributed by atoms with Crippen molar-refractivity contribution in [1.82, 2.24) is 0 Å². The molecule has 96 valence electrons. The molecular weight excluding hydrogens is 240 g/mol. The topological polar surface area (TPSA) is 58.2 Å². The summed E-state index contributed by atoms with van der Waals surface area (Å²) in [5.74, 6) is -0.376. The maximum Gasteiger partial charge on any atom is 0.255 e. The molecule has 0 heterocycles. The van der Waals surface area contributed by atoms with Gasteiger partial charge >= 0.3 is 0 Å². The Balaban J connectivity index is 2.13. The van der Waals surface area contributed by atoms with Crippen LogP contribution in [0.5, 0.6) is 0 Å². The molecule has 4 nitrogen and oxygen atoms in total. The van der Waals surface area contributed by atoms with E-state index in [1.165, 1.54) is 6.92 Å². The van der Waals surface area contributed by atoms with Crippen molar-refractivity contribution in [1.29, 1.82) is 0 Å². The molecule has 2 rings (SSSR count). The van der Waals surface area contributed by atoms with Crippen LogP contribution in [0.1, 0.15) is 17.3 Å². The third-order valence-corrected chi connectivity index (χ3v) is 2.48. The van der Waals surface area contributed by atoms with Crippen LogP contribution in [0.4, 0.5) is 11.4 Å². The van der Waals surface area contributed by atoms with Crippen molar-refractivity contribution < 1.29 is 9.59 Å². The Morgan fingerprint density at radius 3 is 2.21 bits per heavy atom. The molecule has 0 bridgehead atoms. The van der Waals surface area contributed by atoms with E-state index in [-0.39, 0.29) is 11.8 Å². The Bertz CT molecular complexity index is 594. The van der Waals surface area contributed by atoms with Gasteiger partial charge in [-0.05, 0) is 30.3 Å². The van der Waals surface area contributed by atoms with E-state index in [0.29, 0.717) is 11.3 Å². The van der Waals surface area contributed by atoms with Crippen LogP contribution in [0.2, 0.25) is 0 Å². The lowest BCUT2D eigenvalue weighted by molar-refractivity contribution is -0.114. The van der Waals surface area contributed by atoms with Gasteiger partial charge in [0.05, 0.1) is 0 Å². The van der Waals surface area contributed by atoms with Gasteiger partial charge in [-0.3, -0.25) is 9.59 Å². The number of rotatable bonds is 3. The normalized spacial score (nSPS) is 9.74. The summed E-state index contributed by atoms with van der Waals surface area (Å²) in [7, 11) is 0. The third kappa shape index (κ3) is 3.67. The van der Waals surface area contributed by atoms with Gasteiger partial charge in [0.15, 0.2) is 0 Å². The predicted molar refractivity (Wildman–Crippen MR) is 75.1 cm³/mol. The van der Waals surface area contributed by atoms with Gasteiger partial charge < -0.3 is 10.6 Å². The maximum atomic E-state index is 12.0. The highest BCUT2D eigenvalue weighted by molar-refractivity contribution is 6.05. The lowest BCUT2D eigenvalue weighted by Crippen LogP contribution is -2.13. The maximum absolute atomic E-state index is 12.0. The van der Waals surface area contributed by atoms with Crippen LogP contribution in [-0.2, 0) is 4.79 Å². The SMILES string of the molecule is CC(=O)Nc1cccc(C(=O)Nc2ccccc2)c1. The Morgan fingerprint density at radius 2 is 1.53 bits per heavy atom. The number of para-hydroxylation sites is 1. The molecule has 0 radical (unpaired) electrons. The monoisotopic (exact) mass is 254 g/mol. The molecule has 0 saturated carbocycles. The first-order valence-corrected chi connectivity index (χ1v) is 5.89. The summed E-state index contributed by atoms with van der Waals surface area (Å²) in [6.07, 6.45) is 0. The third-order valence-electron chi connectivity index (χ3n) is 2.48. The van der Waals surface area contributed by atoms with Gasteiger partial charge in [0, 0.05) is 23.9 Å². The van der Waals surface area contributed by atoms with Crippen LogP contribution in [-0.4, -0.2) is 11.8 Å². The fraction of sp³-hybridized carbons (Fsp3) is 0.0667. The average Bonchev–Trinajstić information content (AvgIpc) is 2.39. The number of carbonyl (C=O) groups excluding carboxylic acids is 2. The van der Waals surface area contributed by atoms with E-state index in [1.807, 2.05) is 30.3 Å². The molecule has 0 aliphatic rings. The second kappa shape index (κ2) is 5.82. The van der Waals surface area contributed by atoms with Gasteiger partial charge in [-0.2, -0.15) is 0 Å². The zero-order valence-electron chi connectivity index (χ0n) is 10.5. The summed E-state index contributed by atoms with van der Waals surface area (Å²) < 4.78 is 0. The molecule has 2 N–H and O–H groups in total. The number of hydrogen-bond acceptors (Lipinski definition) is 2. The molecule has 0 saturated heterocycles. The van der Waals surface area contributed by atoms with Gasteiger partial charge in [0.2, 0.25) is 5.91 Å². The van der Waals surface area contributed by atoms with E-state index in [1.54, 1.807) is 24.3 Å². The van der Waals surface area contributed by atoms with Crippen LogP contribution < -0.4 is 10.6 Å². The molecule has 19 heavy (non-hydrogen) atoms. The van der Waals surface area contributed by atoms with Crippen molar-refractivity contribution in [3.63, 3.8) is 0 Å². The highest BCUT2D eigenvalue weighted by atomic mass is 16.2. The summed E-state index contributed by atoms with van der Waals surface area (Å²) in [6, 6.07) is 16.0. The van der Waals surface area contributed by atoms with Crippen molar-refractivity contribution in [2.75, 3.05) is 10.6 Å². The zero-order valence-corrected chi connectivity index (χ0v) is 10.5. The number of hydrogen-bond donors (Lipinski definition) is 2. The quantitative estimate of drug-likeness (QED) is 0.884. The number of anilines is 2. The summed E-state index contributed by atoms with van der Waals surface area (Å²) in [4.78, 5) is 23.0. The molecule has 0 fully saturated rings. The second-order valence-electron chi connectivity index (χ2n) is 4.08. The summed E-state index contributed by atoms with van der Waals surface area (Å²) >= 11 is 0. The Labute approximate surface area is 111 Å². The van der Waals surface area contributed by atoms with Crippen molar-refractivity contribution >= 4 is 23.2 Å².